The molecule has 3 aromatic carbocycles. The molecule has 14 nitrogen and oxygen atoms in total. The molecular formula is C37H45FN8O6. The Morgan fingerprint density at radius 3 is 2.33 bits per heavy atom. The lowest BCUT2D eigenvalue weighted by atomic mass is 10.1. The van der Waals surface area contributed by atoms with Gasteiger partial charge >= 0.3 is 12.1 Å². The third-order valence-electron chi connectivity index (χ3n) is 9.53. The molecule has 0 bridgehead atoms. The monoisotopic (exact) mass is 716 g/mol. The van der Waals surface area contributed by atoms with Crippen LogP contribution in [0.15, 0.2) is 71.5 Å². The Kier molecular flexibility index (Phi) is 11.4. The van der Waals surface area contributed by atoms with Gasteiger partial charge in [0, 0.05) is 57.6 Å². The number of anilines is 2. The molecule has 15 heteroatoms. The number of nitrogens with one attached hydrogen (secondary N) is 1. The molecule has 1 aromatic heterocycles. The van der Waals surface area contributed by atoms with Crippen LogP contribution in [0.3, 0.4) is 0 Å². The highest BCUT2D eigenvalue weighted by molar-refractivity contribution is 6.03. The number of hydrogen-bond donors (Lipinski definition) is 1. The van der Waals surface area contributed by atoms with Gasteiger partial charge in [-0.25, -0.2) is 23.6 Å². The summed E-state index contributed by atoms with van der Waals surface area (Å²) >= 11 is 0. The summed E-state index contributed by atoms with van der Waals surface area (Å²) < 4.78 is 32.0. The second-order valence-electron chi connectivity index (χ2n) is 12.8. The normalized spacial score (nSPS) is 16.0. The number of methoxy groups -OCH3 is 2. The number of aromatic nitrogens is 2. The van der Waals surface area contributed by atoms with Gasteiger partial charge < -0.3 is 34.3 Å². The van der Waals surface area contributed by atoms with Crippen molar-refractivity contribution in [3.8, 4) is 11.5 Å². The first-order valence-corrected chi connectivity index (χ1v) is 17.3. The van der Waals surface area contributed by atoms with E-state index in [1.165, 1.54) is 48.1 Å². The number of amides is 3. The van der Waals surface area contributed by atoms with Crippen molar-refractivity contribution in [2.24, 2.45) is 0 Å². The molecule has 3 heterocycles. The second kappa shape index (κ2) is 16.3. The van der Waals surface area contributed by atoms with Gasteiger partial charge in [0.05, 0.1) is 49.9 Å². The minimum Gasteiger partial charge on any atom is -0.497 e. The molecule has 3 amide bonds. The number of nitrogens with zero attached hydrogens (tertiary/aromatic N) is 7. The first-order chi connectivity index (χ1) is 25.2. The summed E-state index contributed by atoms with van der Waals surface area (Å²) in [6.45, 7) is 7.91. The maximum atomic E-state index is 14.3. The largest absolute Gasteiger partial charge is 0.497 e. The summed E-state index contributed by atoms with van der Waals surface area (Å²) in [7, 11) is 5.12. The minimum atomic E-state index is -0.849. The maximum absolute atomic E-state index is 14.3. The lowest BCUT2D eigenvalue weighted by Crippen LogP contribution is -2.57. The van der Waals surface area contributed by atoms with E-state index >= 15 is 0 Å². The predicted molar refractivity (Wildman–Crippen MR) is 197 cm³/mol. The summed E-state index contributed by atoms with van der Waals surface area (Å²) in [5.74, 6) is 0.709. The number of urea groups is 1. The first-order valence-electron chi connectivity index (χ1n) is 17.3. The number of carbonyl (C=O) groups is 2. The molecule has 0 saturated carbocycles. The van der Waals surface area contributed by atoms with E-state index in [1.807, 2.05) is 5.01 Å². The highest BCUT2D eigenvalue weighted by Crippen LogP contribution is 2.37. The number of ether oxygens (including phenoxy) is 3. The molecule has 2 saturated heterocycles. The molecule has 1 N–H and O–H groups in total. The van der Waals surface area contributed by atoms with Crippen molar-refractivity contribution in [1.29, 1.82) is 0 Å². The Bertz CT molecular complexity index is 1930. The van der Waals surface area contributed by atoms with Crippen LogP contribution in [-0.2, 0) is 4.74 Å². The van der Waals surface area contributed by atoms with Crippen molar-refractivity contribution in [2.45, 2.75) is 13.0 Å². The lowest BCUT2D eigenvalue weighted by Gasteiger charge is -2.39. The van der Waals surface area contributed by atoms with E-state index in [0.29, 0.717) is 78.9 Å². The Hall–Kier alpha value is -5.41. The van der Waals surface area contributed by atoms with Crippen LogP contribution in [0.25, 0.3) is 10.9 Å². The number of likely N-dealkylation sites (N-methyl/N-ethyl adjacent to an activating group) is 1. The topological polar surface area (TPSA) is 125 Å². The van der Waals surface area contributed by atoms with Gasteiger partial charge in [0.1, 0.15) is 23.9 Å². The van der Waals surface area contributed by atoms with Crippen LogP contribution < -0.4 is 30.3 Å². The minimum absolute atomic E-state index is 0.291. The SMILES string of the molecule is COc1ccc(N(C(=O)Nc2ccc(F)cc2)C(C)c2nc3ccccc3c(=O)n2N2CCN(C(=O)OCCN3CCN(C)CC3)CC2)c(OC)c1. The third-order valence-corrected chi connectivity index (χ3v) is 9.53. The number of carbonyl (C=O) groups excluding carboxylic acids is 2. The fourth-order valence-corrected chi connectivity index (χ4v) is 6.50. The molecular weight excluding hydrogens is 671 g/mol. The van der Waals surface area contributed by atoms with Crippen molar-refractivity contribution in [3.05, 3.63) is 88.7 Å². The van der Waals surface area contributed by atoms with Gasteiger partial charge in [0.2, 0.25) is 0 Å². The molecule has 0 radical (unpaired) electrons. The molecule has 2 aliphatic rings. The van der Waals surface area contributed by atoms with Crippen molar-refractivity contribution >= 4 is 34.4 Å². The molecule has 276 valence electrons. The fraction of sp³-hybridized carbons (Fsp3) is 0.405. The van der Waals surface area contributed by atoms with Crippen LogP contribution in [0.5, 0.6) is 11.5 Å². The molecule has 52 heavy (non-hydrogen) atoms. The van der Waals surface area contributed by atoms with Crippen molar-refractivity contribution in [2.75, 3.05) is 102 Å². The third kappa shape index (κ3) is 8.05. The molecule has 2 aliphatic heterocycles. The molecule has 2 fully saturated rings. The van der Waals surface area contributed by atoms with Crippen molar-refractivity contribution in [1.82, 2.24) is 24.4 Å². The van der Waals surface area contributed by atoms with Gasteiger partial charge in [0.25, 0.3) is 5.56 Å². The molecule has 1 unspecified atom stereocenters. The summed E-state index contributed by atoms with van der Waals surface area (Å²) in [5.41, 5.74) is 0.907. The van der Waals surface area contributed by atoms with Crippen molar-refractivity contribution in [3.63, 3.8) is 0 Å². The van der Waals surface area contributed by atoms with E-state index < -0.39 is 17.9 Å². The molecule has 4 aromatic rings. The second-order valence-corrected chi connectivity index (χ2v) is 12.8. The Morgan fingerprint density at radius 1 is 0.923 bits per heavy atom. The molecule has 0 aliphatic carbocycles. The van der Waals surface area contributed by atoms with E-state index in [1.54, 1.807) is 54.3 Å². The number of benzene rings is 3. The number of hydrogen-bond acceptors (Lipinski definition) is 10. The van der Waals surface area contributed by atoms with Crippen LogP contribution >= 0.6 is 0 Å². The Labute approximate surface area is 301 Å². The van der Waals surface area contributed by atoms with Crippen LogP contribution in [0.1, 0.15) is 18.8 Å². The summed E-state index contributed by atoms with van der Waals surface area (Å²) in [5, 5.41) is 5.11. The van der Waals surface area contributed by atoms with Gasteiger partial charge in [0.15, 0.2) is 5.82 Å². The van der Waals surface area contributed by atoms with Gasteiger partial charge in [-0.1, -0.05) is 12.1 Å². The van der Waals surface area contributed by atoms with Crippen molar-refractivity contribution < 1.29 is 28.2 Å². The highest BCUT2D eigenvalue weighted by Gasteiger charge is 2.33. The highest BCUT2D eigenvalue weighted by atomic mass is 19.1. The van der Waals surface area contributed by atoms with Gasteiger partial charge in [-0.3, -0.25) is 14.6 Å². The fourth-order valence-electron chi connectivity index (χ4n) is 6.50. The number of piperazine rings is 2. The Balaban J connectivity index is 1.29. The average molecular weight is 717 g/mol. The lowest BCUT2D eigenvalue weighted by molar-refractivity contribution is 0.0765. The first kappa shape index (κ1) is 36.4. The van der Waals surface area contributed by atoms with Gasteiger partial charge in [-0.15, -0.1) is 0 Å². The van der Waals surface area contributed by atoms with E-state index in [9.17, 15) is 18.8 Å². The standard InChI is InChI=1S/C37H45FN8O6/c1-26(45(32-14-13-29(50-3)25-33(32)51-4)36(48)39-28-11-9-27(38)10-12-28)34-40-31-8-6-5-7-30(31)35(47)46(34)44-21-19-43(20-22-44)37(49)52-24-23-42-17-15-41(2)16-18-42/h5-14,25-26H,15-24H2,1-4H3,(H,39,48). The summed E-state index contributed by atoms with van der Waals surface area (Å²) in [6.07, 6.45) is -0.387. The van der Waals surface area contributed by atoms with Crippen LogP contribution in [0.2, 0.25) is 0 Å². The zero-order valence-corrected chi connectivity index (χ0v) is 30.0. The zero-order valence-electron chi connectivity index (χ0n) is 30.0. The number of rotatable bonds is 10. The smallest absolute Gasteiger partial charge is 0.409 e. The van der Waals surface area contributed by atoms with Gasteiger partial charge in [-0.2, -0.15) is 0 Å². The summed E-state index contributed by atoms with van der Waals surface area (Å²) in [4.78, 5) is 54.2. The van der Waals surface area contributed by atoms with Crippen LogP contribution in [-0.4, -0.2) is 123 Å². The number of fused-ring (bicyclic) bond motifs is 1. The molecule has 0 spiro atoms. The van der Waals surface area contributed by atoms with E-state index in [2.05, 4.69) is 22.2 Å². The van der Waals surface area contributed by atoms with Crippen LogP contribution in [0, 0.1) is 5.82 Å². The van der Waals surface area contributed by atoms with Gasteiger partial charge in [-0.05, 0) is 62.5 Å². The summed E-state index contributed by atoms with van der Waals surface area (Å²) in [6, 6.07) is 16.1. The zero-order chi connectivity index (χ0) is 36.8. The van der Waals surface area contributed by atoms with E-state index in [0.717, 1.165) is 26.2 Å². The van der Waals surface area contributed by atoms with Crippen LogP contribution in [0.4, 0.5) is 25.4 Å². The molecule has 1 atom stereocenters. The number of halogens is 1. The Morgan fingerprint density at radius 2 is 1.63 bits per heavy atom. The predicted octanol–water partition coefficient (Wildman–Crippen LogP) is 3.99. The van der Waals surface area contributed by atoms with E-state index in [4.69, 9.17) is 19.2 Å². The average Bonchev–Trinajstić information content (AvgIpc) is 3.16. The number of para-hydroxylation sites is 1. The maximum Gasteiger partial charge on any atom is 0.409 e. The van der Waals surface area contributed by atoms with E-state index in [-0.39, 0.29) is 11.7 Å². The quantitative estimate of drug-likeness (QED) is 0.258. The molecule has 6 rings (SSSR count).